The molecule has 1 rings (SSSR count). The number of rotatable bonds is 7. The minimum Gasteiger partial charge on any atom is -0.483 e. The number of methoxy groups -OCH3 is 1. The molecule has 1 amide bonds. The van der Waals surface area contributed by atoms with Crippen LogP contribution in [-0.2, 0) is 14.3 Å². The smallest absolute Gasteiger partial charge is 0.331 e. The van der Waals surface area contributed by atoms with E-state index in [1.165, 1.54) is 7.11 Å². The molecular formula is C18H26ClNO4. The zero-order valence-corrected chi connectivity index (χ0v) is 15.9. The van der Waals surface area contributed by atoms with Crippen molar-refractivity contribution in [3.63, 3.8) is 0 Å². The van der Waals surface area contributed by atoms with Gasteiger partial charge in [-0.2, -0.15) is 0 Å². The molecular weight excluding hydrogens is 330 g/mol. The van der Waals surface area contributed by atoms with Crippen LogP contribution in [0.1, 0.15) is 51.2 Å². The molecule has 0 aromatic heterocycles. The second kappa shape index (κ2) is 8.38. The van der Waals surface area contributed by atoms with Crippen molar-refractivity contribution >= 4 is 23.5 Å². The molecule has 1 atom stereocenters. The van der Waals surface area contributed by atoms with Gasteiger partial charge in [0.2, 0.25) is 0 Å². The highest BCUT2D eigenvalue weighted by molar-refractivity contribution is 6.31. The first kappa shape index (κ1) is 20.3. The second-order valence-corrected chi connectivity index (χ2v) is 6.72. The minimum absolute atomic E-state index is 0.187. The lowest BCUT2D eigenvalue weighted by atomic mass is 9.99. The first-order valence-corrected chi connectivity index (χ1v) is 8.34. The molecule has 1 unspecified atom stereocenters. The molecule has 5 nitrogen and oxygen atoms in total. The summed E-state index contributed by atoms with van der Waals surface area (Å²) in [7, 11) is 1.30. The molecule has 0 saturated carbocycles. The first-order chi connectivity index (χ1) is 11.1. The summed E-state index contributed by atoms with van der Waals surface area (Å²) < 4.78 is 10.4. The van der Waals surface area contributed by atoms with Gasteiger partial charge in [-0.05, 0) is 49.4 Å². The molecule has 1 aromatic carbocycles. The molecule has 0 fully saturated rings. The van der Waals surface area contributed by atoms with Crippen LogP contribution in [0.4, 0.5) is 0 Å². The van der Waals surface area contributed by atoms with Crippen LogP contribution in [0.5, 0.6) is 5.75 Å². The van der Waals surface area contributed by atoms with Crippen molar-refractivity contribution in [2.24, 2.45) is 0 Å². The zero-order valence-electron chi connectivity index (χ0n) is 15.2. The third kappa shape index (κ3) is 4.87. The fourth-order valence-electron chi connectivity index (χ4n) is 2.24. The van der Waals surface area contributed by atoms with Crippen LogP contribution >= 0.6 is 11.6 Å². The van der Waals surface area contributed by atoms with Crippen LogP contribution in [0.25, 0.3) is 0 Å². The average molecular weight is 356 g/mol. The highest BCUT2D eigenvalue weighted by Crippen LogP contribution is 2.32. The zero-order chi connectivity index (χ0) is 18.5. The minimum atomic E-state index is -1.06. The van der Waals surface area contributed by atoms with E-state index in [0.29, 0.717) is 17.2 Å². The van der Waals surface area contributed by atoms with Gasteiger partial charge < -0.3 is 14.8 Å². The van der Waals surface area contributed by atoms with E-state index in [0.717, 1.165) is 11.1 Å². The van der Waals surface area contributed by atoms with Crippen molar-refractivity contribution in [3.05, 3.63) is 28.3 Å². The van der Waals surface area contributed by atoms with Crippen molar-refractivity contribution in [1.29, 1.82) is 0 Å². The Hall–Kier alpha value is -1.75. The van der Waals surface area contributed by atoms with Gasteiger partial charge in [-0.1, -0.05) is 32.4 Å². The molecule has 0 saturated heterocycles. The number of hydrogen-bond acceptors (Lipinski definition) is 4. The maximum absolute atomic E-state index is 12.2. The van der Waals surface area contributed by atoms with Gasteiger partial charge in [0.1, 0.15) is 11.3 Å². The molecule has 1 aromatic rings. The highest BCUT2D eigenvalue weighted by Gasteiger charge is 2.34. The lowest BCUT2D eigenvalue weighted by Gasteiger charge is -2.26. The molecule has 0 spiro atoms. The average Bonchev–Trinajstić information content (AvgIpc) is 2.54. The van der Waals surface area contributed by atoms with Crippen LogP contribution in [0.15, 0.2) is 12.1 Å². The van der Waals surface area contributed by atoms with Crippen LogP contribution in [-0.4, -0.2) is 31.1 Å². The third-order valence-corrected chi connectivity index (χ3v) is 4.44. The van der Waals surface area contributed by atoms with Crippen molar-refractivity contribution in [3.8, 4) is 5.75 Å². The molecule has 24 heavy (non-hydrogen) atoms. The standard InChI is InChI=1S/C18H26ClNO4/c1-7-18(5,17(22)23-6)20-16(21)10-24-15-8-12(4)14(19)9-13(15)11(2)3/h8-9,11H,7,10H2,1-6H3,(H,20,21). The van der Waals surface area contributed by atoms with Crippen molar-refractivity contribution in [1.82, 2.24) is 5.32 Å². The van der Waals surface area contributed by atoms with E-state index in [1.807, 2.05) is 32.9 Å². The number of nitrogens with one attached hydrogen (secondary N) is 1. The van der Waals surface area contributed by atoms with Crippen molar-refractivity contribution in [2.75, 3.05) is 13.7 Å². The number of carbonyl (C=O) groups excluding carboxylic acids is 2. The summed E-state index contributed by atoms with van der Waals surface area (Å²) in [5.74, 6) is -0.0360. The molecule has 6 heteroatoms. The number of esters is 1. The van der Waals surface area contributed by atoms with Gasteiger partial charge in [-0.25, -0.2) is 4.79 Å². The highest BCUT2D eigenvalue weighted by atomic mass is 35.5. The summed E-state index contributed by atoms with van der Waals surface area (Å²) in [5, 5.41) is 3.34. The predicted molar refractivity (Wildman–Crippen MR) is 94.6 cm³/mol. The molecule has 1 N–H and O–H groups in total. The summed E-state index contributed by atoms with van der Waals surface area (Å²) >= 11 is 6.16. The molecule has 0 aliphatic rings. The van der Waals surface area contributed by atoms with E-state index in [4.69, 9.17) is 21.1 Å². The van der Waals surface area contributed by atoms with Gasteiger partial charge in [0.05, 0.1) is 7.11 Å². The SMILES string of the molecule is CCC(C)(NC(=O)COc1cc(C)c(Cl)cc1C(C)C)C(=O)OC. The van der Waals surface area contributed by atoms with E-state index in [1.54, 1.807) is 13.8 Å². The first-order valence-electron chi connectivity index (χ1n) is 7.96. The molecule has 0 aliphatic carbocycles. The molecule has 0 bridgehead atoms. The summed E-state index contributed by atoms with van der Waals surface area (Å²) in [6.45, 7) is 9.18. The largest absolute Gasteiger partial charge is 0.483 e. The maximum atomic E-state index is 12.2. The van der Waals surface area contributed by atoms with Gasteiger partial charge in [0, 0.05) is 5.02 Å². The summed E-state index contributed by atoms with van der Waals surface area (Å²) in [6.07, 6.45) is 0.419. The Kier molecular flexibility index (Phi) is 7.08. The Balaban J connectivity index is 2.84. The fourth-order valence-corrected chi connectivity index (χ4v) is 2.41. The summed E-state index contributed by atoms with van der Waals surface area (Å²) in [4.78, 5) is 24.0. The van der Waals surface area contributed by atoms with E-state index in [-0.39, 0.29) is 18.4 Å². The Morgan fingerprint density at radius 3 is 2.46 bits per heavy atom. The van der Waals surface area contributed by atoms with Gasteiger partial charge in [0.15, 0.2) is 6.61 Å². The Morgan fingerprint density at radius 2 is 1.96 bits per heavy atom. The summed E-state index contributed by atoms with van der Waals surface area (Å²) in [5.41, 5.74) is 0.750. The second-order valence-electron chi connectivity index (χ2n) is 6.31. The van der Waals surface area contributed by atoms with Gasteiger partial charge in [-0.15, -0.1) is 0 Å². The van der Waals surface area contributed by atoms with Gasteiger partial charge >= 0.3 is 5.97 Å². The van der Waals surface area contributed by atoms with Gasteiger partial charge in [-0.3, -0.25) is 4.79 Å². The normalized spacial score (nSPS) is 13.3. The van der Waals surface area contributed by atoms with E-state index < -0.39 is 11.5 Å². The van der Waals surface area contributed by atoms with E-state index in [9.17, 15) is 9.59 Å². The van der Waals surface area contributed by atoms with Crippen molar-refractivity contribution < 1.29 is 19.1 Å². The van der Waals surface area contributed by atoms with E-state index >= 15 is 0 Å². The number of benzene rings is 1. The predicted octanol–water partition coefficient (Wildman–Crippen LogP) is 3.61. The van der Waals surface area contributed by atoms with Crippen molar-refractivity contribution in [2.45, 2.75) is 52.5 Å². The molecule has 0 radical (unpaired) electrons. The Labute approximate surface area is 148 Å². The Morgan fingerprint density at radius 1 is 1.33 bits per heavy atom. The van der Waals surface area contributed by atoms with E-state index in [2.05, 4.69) is 5.32 Å². The topological polar surface area (TPSA) is 64.6 Å². The number of halogens is 1. The lowest BCUT2D eigenvalue weighted by Crippen LogP contribution is -2.53. The lowest BCUT2D eigenvalue weighted by molar-refractivity contribution is -0.150. The number of ether oxygens (including phenoxy) is 2. The molecule has 0 aliphatic heterocycles. The number of aryl methyl sites for hydroxylation is 1. The van der Waals surface area contributed by atoms with Crippen LogP contribution < -0.4 is 10.1 Å². The number of hydrogen-bond donors (Lipinski definition) is 1. The monoisotopic (exact) mass is 355 g/mol. The molecule has 134 valence electrons. The maximum Gasteiger partial charge on any atom is 0.331 e. The van der Waals surface area contributed by atoms with Crippen LogP contribution in [0.3, 0.4) is 0 Å². The summed E-state index contributed by atoms with van der Waals surface area (Å²) in [6, 6.07) is 3.68. The quantitative estimate of drug-likeness (QED) is 0.759. The van der Waals surface area contributed by atoms with Crippen LogP contribution in [0, 0.1) is 6.92 Å². The molecule has 0 heterocycles. The number of amides is 1. The fraction of sp³-hybridized carbons (Fsp3) is 0.556. The van der Waals surface area contributed by atoms with Crippen LogP contribution in [0.2, 0.25) is 5.02 Å². The Bertz CT molecular complexity index is 615. The van der Waals surface area contributed by atoms with Gasteiger partial charge in [0.25, 0.3) is 5.91 Å². The third-order valence-electron chi connectivity index (χ3n) is 4.03. The number of carbonyl (C=O) groups is 2.